The van der Waals surface area contributed by atoms with E-state index in [1.54, 1.807) is 0 Å². The highest BCUT2D eigenvalue weighted by Crippen LogP contribution is 2.18. The predicted octanol–water partition coefficient (Wildman–Crippen LogP) is 0.476. The van der Waals surface area contributed by atoms with Crippen molar-refractivity contribution >= 4 is 0 Å². The molecule has 0 spiro atoms. The van der Waals surface area contributed by atoms with E-state index in [2.05, 4.69) is 12.2 Å². The summed E-state index contributed by atoms with van der Waals surface area (Å²) in [6.07, 6.45) is 3.80. The Morgan fingerprint density at radius 3 is 2.78 bits per heavy atom. The maximum atomic E-state index is 5.69. The maximum absolute atomic E-state index is 5.69. The van der Waals surface area contributed by atoms with Crippen LogP contribution in [0.25, 0.3) is 0 Å². The summed E-state index contributed by atoms with van der Waals surface area (Å²) in [6, 6.07) is 1.17. The van der Waals surface area contributed by atoms with Crippen LogP contribution in [0, 0.1) is 0 Å². The topological polar surface area (TPSA) is 38.0 Å². The first-order valence-corrected chi connectivity index (χ1v) is 3.82. The Morgan fingerprint density at radius 2 is 2.33 bits per heavy atom. The zero-order valence-corrected chi connectivity index (χ0v) is 6.06. The molecule has 0 heterocycles. The summed E-state index contributed by atoms with van der Waals surface area (Å²) in [6.45, 7) is 3.13. The van der Waals surface area contributed by atoms with Gasteiger partial charge >= 0.3 is 0 Å². The molecule has 0 aromatic carbocycles. The summed E-state index contributed by atoms with van der Waals surface area (Å²) in [5, 5.41) is 3.38. The van der Waals surface area contributed by atoms with Gasteiger partial charge < -0.3 is 11.1 Å². The van der Waals surface area contributed by atoms with Gasteiger partial charge in [-0.15, -0.1) is 0 Å². The highest BCUT2D eigenvalue weighted by molar-refractivity contribution is 4.82. The van der Waals surface area contributed by atoms with Crippen molar-refractivity contribution < 1.29 is 0 Å². The van der Waals surface area contributed by atoms with Crippen LogP contribution in [0.2, 0.25) is 0 Å². The summed E-state index contributed by atoms with van der Waals surface area (Å²) in [7, 11) is 0. The molecule has 0 bridgehead atoms. The lowest BCUT2D eigenvalue weighted by Gasteiger charge is -2.08. The normalized spacial score (nSPS) is 22.0. The number of nitrogens with one attached hydrogen (secondary N) is 1. The van der Waals surface area contributed by atoms with Gasteiger partial charge in [0.05, 0.1) is 0 Å². The molecule has 0 saturated heterocycles. The molecule has 2 nitrogen and oxygen atoms in total. The van der Waals surface area contributed by atoms with Gasteiger partial charge in [0.1, 0.15) is 0 Å². The first kappa shape index (κ1) is 7.03. The third kappa shape index (κ3) is 2.82. The van der Waals surface area contributed by atoms with E-state index >= 15 is 0 Å². The highest BCUT2D eigenvalue weighted by Gasteiger charge is 2.20. The lowest BCUT2D eigenvalue weighted by Crippen LogP contribution is -2.34. The molecule has 1 unspecified atom stereocenters. The largest absolute Gasteiger partial charge is 0.327 e. The maximum Gasteiger partial charge on any atom is 0.0162 e. The average molecular weight is 128 g/mol. The van der Waals surface area contributed by atoms with Crippen LogP contribution in [-0.2, 0) is 0 Å². The van der Waals surface area contributed by atoms with Crippen molar-refractivity contribution in [2.75, 3.05) is 6.54 Å². The summed E-state index contributed by atoms with van der Waals surface area (Å²) >= 11 is 0. The number of hydrogen-bond acceptors (Lipinski definition) is 2. The van der Waals surface area contributed by atoms with Gasteiger partial charge in [-0.05, 0) is 19.3 Å². The Labute approximate surface area is 56.8 Å². The Kier molecular flexibility index (Phi) is 2.49. The number of rotatable bonds is 4. The molecule has 1 rings (SSSR count). The van der Waals surface area contributed by atoms with Crippen LogP contribution in [0.5, 0.6) is 0 Å². The smallest absolute Gasteiger partial charge is 0.0162 e. The monoisotopic (exact) mass is 128 g/mol. The van der Waals surface area contributed by atoms with E-state index in [-0.39, 0.29) is 0 Å². The minimum absolute atomic E-state index is 0.366. The van der Waals surface area contributed by atoms with E-state index in [9.17, 15) is 0 Å². The Morgan fingerprint density at radius 1 is 1.67 bits per heavy atom. The molecule has 1 aliphatic carbocycles. The standard InChI is InChI=1S/C7H16N2/c1-2-6(8)5-9-7-3-4-7/h6-7,9H,2-5,8H2,1H3. The second-order valence-electron chi connectivity index (χ2n) is 2.85. The van der Waals surface area contributed by atoms with Crippen LogP contribution in [0.3, 0.4) is 0 Å². The predicted molar refractivity (Wildman–Crippen MR) is 39.3 cm³/mol. The van der Waals surface area contributed by atoms with Gasteiger partial charge in [0.25, 0.3) is 0 Å². The van der Waals surface area contributed by atoms with Gasteiger partial charge in [0.2, 0.25) is 0 Å². The summed E-state index contributed by atoms with van der Waals surface area (Å²) in [4.78, 5) is 0. The fourth-order valence-electron chi connectivity index (χ4n) is 0.750. The third-order valence-electron chi connectivity index (χ3n) is 1.77. The first-order chi connectivity index (χ1) is 4.33. The van der Waals surface area contributed by atoms with Crippen LogP contribution in [0.15, 0.2) is 0 Å². The summed E-state index contributed by atoms with van der Waals surface area (Å²) < 4.78 is 0. The molecule has 0 aromatic rings. The zero-order valence-electron chi connectivity index (χ0n) is 6.06. The molecule has 2 heteroatoms. The molecular formula is C7H16N2. The summed E-state index contributed by atoms with van der Waals surface area (Å²) in [5.74, 6) is 0. The molecule has 1 saturated carbocycles. The van der Waals surface area contributed by atoms with E-state index < -0.39 is 0 Å². The number of nitrogens with two attached hydrogens (primary N) is 1. The molecule has 0 radical (unpaired) electrons. The van der Waals surface area contributed by atoms with E-state index in [1.165, 1.54) is 12.8 Å². The number of hydrogen-bond donors (Lipinski definition) is 2. The van der Waals surface area contributed by atoms with Crippen molar-refractivity contribution in [1.29, 1.82) is 0 Å². The van der Waals surface area contributed by atoms with Crippen LogP contribution in [0.1, 0.15) is 26.2 Å². The van der Waals surface area contributed by atoms with Crippen LogP contribution in [0.4, 0.5) is 0 Å². The van der Waals surface area contributed by atoms with Gasteiger partial charge in [-0.1, -0.05) is 6.92 Å². The minimum atomic E-state index is 0.366. The molecule has 1 atom stereocenters. The van der Waals surface area contributed by atoms with E-state index in [1.807, 2.05) is 0 Å². The second kappa shape index (κ2) is 3.18. The van der Waals surface area contributed by atoms with Crippen molar-refractivity contribution in [2.24, 2.45) is 5.73 Å². The van der Waals surface area contributed by atoms with Crippen molar-refractivity contribution in [2.45, 2.75) is 38.3 Å². The minimum Gasteiger partial charge on any atom is -0.327 e. The molecule has 54 valence electrons. The van der Waals surface area contributed by atoms with E-state index in [0.717, 1.165) is 19.0 Å². The Bertz CT molecular complexity index is 79.0. The molecule has 0 amide bonds. The molecular weight excluding hydrogens is 112 g/mol. The second-order valence-corrected chi connectivity index (χ2v) is 2.85. The lowest BCUT2D eigenvalue weighted by atomic mass is 10.2. The molecule has 0 aliphatic heterocycles. The molecule has 1 aliphatic rings. The Balaban J connectivity index is 1.90. The van der Waals surface area contributed by atoms with Crippen molar-refractivity contribution in [3.05, 3.63) is 0 Å². The molecule has 3 N–H and O–H groups in total. The zero-order chi connectivity index (χ0) is 6.69. The molecule has 1 fully saturated rings. The lowest BCUT2D eigenvalue weighted by molar-refractivity contribution is 0.561. The highest BCUT2D eigenvalue weighted by atomic mass is 15.0. The van der Waals surface area contributed by atoms with Crippen LogP contribution < -0.4 is 11.1 Å². The van der Waals surface area contributed by atoms with Gasteiger partial charge in [-0.3, -0.25) is 0 Å². The fraction of sp³-hybridized carbons (Fsp3) is 1.00. The van der Waals surface area contributed by atoms with Crippen LogP contribution >= 0.6 is 0 Å². The van der Waals surface area contributed by atoms with Gasteiger partial charge in [0.15, 0.2) is 0 Å². The first-order valence-electron chi connectivity index (χ1n) is 3.82. The molecule has 9 heavy (non-hydrogen) atoms. The van der Waals surface area contributed by atoms with Crippen molar-refractivity contribution in [3.8, 4) is 0 Å². The quantitative estimate of drug-likeness (QED) is 0.578. The summed E-state index contributed by atoms with van der Waals surface area (Å²) in [5.41, 5.74) is 5.69. The molecule has 0 aromatic heterocycles. The SMILES string of the molecule is CCC(N)CNC1CC1. The van der Waals surface area contributed by atoms with Gasteiger partial charge in [-0.25, -0.2) is 0 Å². The van der Waals surface area contributed by atoms with Crippen LogP contribution in [-0.4, -0.2) is 18.6 Å². The van der Waals surface area contributed by atoms with Gasteiger partial charge in [-0.2, -0.15) is 0 Å². The fourth-order valence-corrected chi connectivity index (χ4v) is 0.750. The van der Waals surface area contributed by atoms with Crippen molar-refractivity contribution in [1.82, 2.24) is 5.32 Å². The van der Waals surface area contributed by atoms with E-state index in [4.69, 9.17) is 5.73 Å². The van der Waals surface area contributed by atoms with Gasteiger partial charge in [0, 0.05) is 18.6 Å². The van der Waals surface area contributed by atoms with E-state index in [0.29, 0.717) is 6.04 Å². The average Bonchev–Trinajstić information content (AvgIpc) is 2.65. The third-order valence-corrected chi connectivity index (χ3v) is 1.77. The Hall–Kier alpha value is -0.0800. The van der Waals surface area contributed by atoms with Crippen molar-refractivity contribution in [3.63, 3.8) is 0 Å².